The molecule has 0 spiro atoms. The Morgan fingerprint density at radius 2 is 2.06 bits per heavy atom. The van der Waals surface area contributed by atoms with E-state index < -0.39 is 5.82 Å². The van der Waals surface area contributed by atoms with Crippen LogP contribution in [-0.4, -0.2) is 5.78 Å². The predicted octanol–water partition coefficient (Wildman–Crippen LogP) is 3.32. The van der Waals surface area contributed by atoms with Crippen LogP contribution in [0.15, 0.2) is 18.2 Å². The number of ketones is 1. The summed E-state index contributed by atoms with van der Waals surface area (Å²) in [7, 11) is 0. The first-order valence-electron chi connectivity index (χ1n) is 5.37. The molecule has 0 N–H and O–H groups in total. The van der Waals surface area contributed by atoms with E-state index >= 15 is 0 Å². The van der Waals surface area contributed by atoms with E-state index in [1.54, 1.807) is 6.07 Å². The van der Waals surface area contributed by atoms with Crippen LogP contribution in [-0.2, 0) is 0 Å². The zero-order valence-electron chi connectivity index (χ0n) is 9.46. The van der Waals surface area contributed by atoms with Gasteiger partial charge in [0.25, 0.3) is 0 Å². The maximum Gasteiger partial charge on any atom is 0.166 e. The lowest BCUT2D eigenvalue weighted by atomic mass is 9.92. The van der Waals surface area contributed by atoms with Gasteiger partial charge in [-0.05, 0) is 31.0 Å². The van der Waals surface area contributed by atoms with E-state index in [2.05, 4.69) is 0 Å². The fourth-order valence-electron chi connectivity index (χ4n) is 1.65. The van der Waals surface area contributed by atoms with Crippen LogP contribution in [0.2, 0.25) is 0 Å². The zero-order valence-corrected chi connectivity index (χ0v) is 9.46. The van der Waals surface area contributed by atoms with Gasteiger partial charge in [-0.25, -0.2) is 4.39 Å². The van der Waals surface area contributed by atoms with Gasteiger partial charge < -0.3 is 0 Å². The fourth-order valence-corrected chi connectivity index (χ4v) is 1.65. The SMILES string of the molecule is CCC(CC)C(=O)c1ccc(C#N)c(F)c1. The second-order valence-corrected chi connectivity index (χ2v) is 3.68. The van der Waals surface area contributed by atoms with Crippen molar-refractivity contribution in [3.05, 3.63) is 35.1 Å². The number of benzene rings is 1. The van der Waals surface area contributed by atoms with Crippen molar-refractivity contribution in [2.45, 2.75) is 26.7 Å². The normalized spacial score (nSPS) is 10.2. The molecule has 0 aliphatic rings. The highest BCUT2D eigenvalue weighted by atomic mass is 19.1. The molecule has 2 nitrogen and oxygen atoms in total. The van der Waals surface area contributed by atoms with Crippen molar-refractivity contribution in [3.63, 3.8) is 0 Å². The van der Waals surface area contributed by atoms with Crippen LogP contribution in [0, 0.1) is 23.1 Å². The molecule has 16 heavy (non-hydrogen) atoms. The van der Waals surface area contributed by atoms with Gasteiger partial charge >= 0.3 is 0 Å². The summed E-state index contributed by atoms with van der Waals surface area (Å²) in [5.41, 5.74) is 0.325. The van der Waals surface area contributed by atoms with Crippen molar-refractivity contribution < 1.29 is 9.18 Å². The molecule has 0 unspecified atom stereocenters. The Hall–Kier alpha value is -1.69. The number of carbonyl (C=O) groups excluding carboxylic acids is 1. The predicted molar refractivity (Wildman–Crippen MR) is 59.5 cm³/mol. The quantitative estimate of drug-likeness (QED) is 0.729. The van der Waals surface area contributed by atoms with E-state index in [9.17, 15) is 9.18 Å². The number of Topliss-reactive ketones (excluding diaryl/α,β-unsaturated/α-hetero) is 1. The molecule has 1 rings (SSSR count). The summed E-state index contributed by atoms with van der Waals surface area (Å²) < 4.78 is 13.3. The Kier molecular flexibility index (Phi) is 4.19. The third-order valence-electron chi connectivity index (χ3n) is 2.73. The maximum absolute atomic E-state index is 13.3. The maximum atomic E-state index is 13.3. The summed E-state index contributed by atoms with van der Waals surface area (Å²) in [6.07, 6.45) is 1.49. The highest BCUT2D eigenvalue weighted by Crippen LogP contribution is 2.17. The fraction of sp³-hybridized carbons (Fsp3) is 0.385. The van der Waals surface area contributed by atoms with Gasteiger partial charge in [0, 0.05) is 11.5 Å². The largest absolute Gasteiger partial charge is 0.294 e. The lowest BCUT2D eigenvalue weighted by Gasteiger charge is -2.10. The van der Waals surface area contributed by atoms with Crippen molar-refractivity contribution in [2.24, 2.45) is 5.92 Å². The number of rotatable bonds is 4. The van der Waals surface area contributed by atoms with Crippen LogP contribution < -0.4 is 0 Å². The Balaban J connectivity index is 3.02. The lowest BCUT2D eigenvalue weighted by molar-refractivity contribution is 0.0913. The van der Waals surface area contributed by atoms with Crippen molar-refractivity contribution in [3.8, 4) is 6.07 Å². The average Bonchev–Trinajstić information content (AvgIpc) is 2.30. The first-order chi connectivity index (χ1) is 7.63. The molecule has 0 saturated carbocycles. The number of hydrogen-bond acceptors (Lipinski definition) is 2. The molecular weight excluding hydrogens is 205 g/mol. The molecule has 0 heterocycles. The summed E-state index contributed by atoms with van der Waals surface area (Å²) in [5.74, 6) is -0.736. The molecule has 0 fully saturated rings. The van der Waals surface area contributed by atoms with E-state index in [0.29, 0.717) is 5.56 Å². The van der Waals surface area contributed by atoms with Crippen molar-refractivity contribution in [2.75, 3.05) is 0 Å². The average molecular weight is 219 g/mol. The van der Waals surface area contributed by atoms with Crippen molar-refractivity contribution in [1.82, 2.24) is 0 Å². The minimum Gasteiger partial charge on any atom is -0.294 e. The van der Waals surface area contributed by atoms with Crippen LogP contribution >= 0.6 is 0 Å². The topological polar surface area (TPSA) is 40.9 Å². The molecule has 1 aromatic rings. The van der Waals surface area contributed by atoms with Crippen LogP contribution in [0.3, 0.4) is 0 Å². The Morgan fingerprint density at radius 1 is 1.44 bits per heavy atom. The highest BCUT2D eigenvalue weighted by molar-refractivity contribution is 5.97. The molecule has 0 amide bonds. The third kappa shape index (κ3) is 2.46. The summed E-state index contributed by atoms with van der Waals surface area (Å²) in [6, 6.07) is 5.75. The van der Waals surface area contributed by atoms with Gasteiger partial charge in [0.05, 0.1) is 5.56 Å². The summed E-state index contributed by atoms with van der Waals surface area (Å²) in [5, 5.41) is 8.57. The van der Waals surface area contributed by atoms with Crippen LogP contribution in [0.4, 0.5) is 4.39 Å². The molecule has 0 aliphatic carbocycles. The number of halogens is 1. The second-order valence-electron chi connectivity index (χ2n) is 3.68. The second kappa shape index (κ2) is 5.41. The summed E-state index contributed by atoms with van der Waals surface area (Å²) in [6.45, 7) is 3.87. The minimum absolute atomic E-state index is 0.0268. The Morgan fingerprint density at radius 3 is 2.50 bits per heavy atom. The minimum atomic E-state index is -0.626. The van der Waals surface area contributed by atoms with Gasteiger partial charge in [0.15, 0.2) is 5.78 Å². The van der Waals surface area contributed by atoms with Crippen molar-refractivity contribution >= 4 is 5.78 Å². The molecule has 84 valence electrons. The zero-order chi connectivity index (χ0) is 12.1. The van der Waals surface area contributed by atoms with Crippen LogP contribution in [0.25, 0.3) is 0 Å². The number of carbonyl (C=O) groups is 1. The van der Waals surface area contributed by atoms with E-state index in [1.807, 2.05) is 13.8 Å². The van der Waals surface area contributed by atoms with E-state index in [1.165, 1.54) is 12.1 Å². The van der Waals surface area contributed by atoms with Gasteiger partial charge in [-0.1, -0.05) is 13.8 Å². The van der Waals surface area contributed by atoms with Crippen LogP contribution in [0.5, 0.6) is 0 Å². The first-order valence-corrected chi connectivity index (χ1v) is 5.37. The molecule has 0 aromatic heterocycles. The Labute approximate surface area is 94.7 Å². The monoisotopic (exact) mass is 219 g/mol. The lowest BCUT2D eigenvalue weighted by Crippen LogP contribution is -2.13. The molecule has 0 radical (unpaired) electrons. The Bertz CT molecular complexity index is 430. The standard InChI is InChI=1S/C13H14FNO/c1-3-9(4-2)13(16)10-5-6-11(8-15)12(14)7-10/h5-7,9H,3-4H2,1-2H3. The number of nitriles is 1. The van der Waals surface area contributed by atoms with Gasteiger partial charge in [-0.15, -0.1) is 0 Å². The van der Waals surface area contributed by atoms with E-state index in [4.69, 9.17) is 5.26 Å². The van der Waals surface area contributed by atoms with Gasteiger partial charge in [-0.3, -0.25) is 4.79 Å². The molecule has 1 aromatic carbocycles. The summed E-state index contributed by atoms with van der Waals surface area (Å²) >= 11 is 0. The highest BCUT2D eigenvalue weighted by Gasteiger charge is 2.17. The molecule has 0 atom stereocenters. The third-order valence-corrected chi connectivity index (χ3v) is 2.73. The molecule has 0 bridgehead atoms. The first kappa shape index (κ1) is 12.4. The van der Waals surface area contributed by atoms with Crippen molar-refractivity contribution in [1.29, 1.82) is 5.26 Å². The van der Waals surface area contributed by atoms with E-state index in [-0.39, 0.29) is 17.3 Å². The smallest absolute Gasteiger partial charge is 0.166 e. The number of hydrogen-bond donors (Lipinski definition) is 0. The molecule has 0 aliphatic heterocycles. The van der Waals surface area contributed by atoms with Crippen LogP contribution in [0.1, 0.15) is 42.6 Å². The molecule has 3 heteroatoms. The number of nitrogens with zero attached hydrogens (tertiary/aromatic N) is 1. The van der Waals surface area contributed by atoms with Gasteiger partial charge in [-0.2, -0.15) is 5.26 Å². The molecule has 0 saturated heterocycles. The van der Waals surface area contributed by atoms with Gasteiger partial charge in [0.1, 0.15) is 11.9 Å². The molecular formula is C13H14FNO. The van der Waals surface area contributed by atoms with Gasteiger partial charge in [0.2, 0.25) is 0 Å². The van der Waals surface area contributed by atoms with E-state index in [0.717, 1.165) is 18.9 Å². The summed E-state index contributed by atoms with van der Waals surface area (Å²) in [4.78, 5) is 11.9.